The molecule has 0 spiro atoms. The summed E-state index contributed by atoms with van der Waals surface area (Å²) in [6, 6.07) is 0. The first-order valence-corrected chi connectivity index (χ1v) is 17.5. The Kier molecular flexibility index (Phi) is 19.8. The van der Waals surface area contributed by atoms with Crippen molar-refractivity contribution in [3.63, 3.8) is 0 Å². The van der Waals surface area contributed by atoms with E-state index in [-0.39, 0.29) is 31.1 Å². The molecule has 0 saturated carbocycles. The summed E-state index contributed by atoms with van der Waals surface area (Å²) >= 11 is 0. The molecule has 0 aromatic heterocycles. The maximum atomic E-state index is 12.8. The zero-order valence-electron chi connectivity index (χ0n) is 29.0. The number of ether oxygens (including phenoxy) is 2. The molecule has 13 heteroatoms. The van der Waals surface area contributed by atoms with E-state index in [0.717, 1.165) is 22.3 Å². The van der Waals surface area contributed by atoms with Crippen molar-refractivity contribution in [3.05, 3.63) is 95.8 Å². The summed E-state index contributed by atoms with van der Waals surface area (Å²) in [7, 11) is -4.87. The van der Waals surface area contributed by atoms with Crippen LogP contribution in [-0.2, 0) is 33.6 Å². The Morgan fingerprint density at radius 2 is 1.90 bits per heavy atom. The molecule has 2 amide bonds. The van der Waals surface area contributed by atoms with Gasteiger partial charge in [-0.25, -0.2) is 13.8 Å². The summed E-state index contributed by atoms with van der Waals surface area (Å²) < 4.78 is 47.7. The summed E-state index contributed by atoms with van der Waals surface area (Å²) in [5.74, 6) is -0.970. The van der Waals surface area contributed by atoms with Gasteiger partial charge in [-0.15, -0.1) is 0 Å². The molecule has 12 nitrogen and oxygen atoms in total. The number of cyclic esters (lactones) is 1. The van der Waals surface area contributed by atoms with Gasteiger partial charge in [0.05, 0.1) is 6.10 Å². The van der Waals surface area contributed by atoms with Crippen LogP contribution in [0.5, 0.6) is 0 Å². The van der Waals surface area contributed by atoms with E-state index < -0.39 is 46.9 Å². The molecule has 272 valence electrons. The number of carbonyl (C=O) groups is 3. The molecule has 1 aliphatic heterocycles. The molecule has 0 aromatic rings. The van der Waals surface area contributed by atoms with E-state index in [1.54, 1.807) is 30.5 Å². The number of rotatable bonds is 10. The summed E-state index contributed by atoms with van der Waals surface area (Å²) in [5, 5.41) is 13.3. The minimum absolute atomic E-state index is 0.0283. The lowest BCUT2D eigenvalue weighted by Gasteiger charge is -2.22. The minimum atomic E-state index is -4.87. The van der Waals surface area contributed by atoms with E-state index in [0.29, 0.717) is 25.7 Å². The van der Waals surface area contributed by atoms with Crippen molar-refractivity contribution in [2.75, 3.05) is 0 Å². The number of hydrogen-bond donors (Lipinski definition) is 4. The highest BCUT2D eigenvalue weighted by Gasteiger charge is 2.24. The van der Waals surface area contributed by atoms with Crippen LogP contribution in [0.4, 0.5) is 4.79 Å². The van der Waals surface area contributed by atoms with Crippen LogP contribution in [0.1, 0.15) is 79.6 Å². The standard InChI is InChI=1S/C36H52N2O10S/c1-25(2)21-28(5)24-34(40)38-20-19-27(4)22-29(6)33-23-26(3)13-9-7-11-15-32(48-49(43,44)45)31(39)18-17-30(46-36(37)42)14-10-8-12-16-35(41)47-33/h7,9,12-13,16-20,22,24,29-33,39H,1,8,10-11,14-15,21,23H2,2-6H3,(H2,37,42)(H,38,40)(H,43,44,45)/b9-7+,16-12+,18-17+,20-19+,26-13+,27-22+,28-24+. The van der Waals surface area contributed by atoms with Crippen LogP contribution in [0.2, 0.25) is 0 Å². The van der Waals surface area contributed by atoms with Crippen LogP contribution < -0.4 is 11.1 Å². The normalized spacial score (nSPS) is 26.3. The molecule has 0 saturated heterocycles. The Morgan fingerprint density at radius 1 is 1.18 bits per heavy atom. The smallest absolute Gasteiger partial charge is 0.405 e. The van der Waals surface area contributed by atoms with Gasteiger partial charge < -0.3 is 25.6 Å². The van der Waals surface area contributed by atoms with Gasteiger partial charge in [0.1, 0.15) is 18.3 Å². The fourth-order valence-corrected chi connectivity index (χ4v) is 5.40. The van der Waals surface area contributed by atoms with Crippen molar-refractivity contribution >= 4 is 28.4 Å². The highest BCUT2D eigenvalue weighted by molar-refractivity contribution is 7.80. The van der Waals surface area contributed by atoms with Crippen LogP contribution >= 0.6 is 0 Å². The molecule has 1 aliphatic rings. The van der Waals surface area contributed by atoms with Gasteiger partial charge >= 0.3 is 22.5 Å². The zero-order valence-corrected chi connectivity index (χ0v) is 29.9. The van der Waals surface area contributed by atoms with Crippen LogP contribution in [0.3, 0.4) is 0 Å². The number of nitrogens with one attached hydrogen (secondary N) is 1. The Morgan fingerprint density at radius 3 is 2.55 bits per heavy atom. The molecule has 49 heavy (non-hydrogen) atoms. The quantitative estimate of drug-likeness (QED) is 0.0689. The maximum Gasteiger partial charge on any atom is 0.405 e. The Balaban J connectivity index is 3.20. The maximum absolute atomic E-state index is 12.8. The van der Waals surface area contributed by atoms with Crippen molar-refractivity contribution in [2.45, 2.75) is 104 Å². The second-order valence-electron chi connectivity index (χ2n) is 12.2. The lowest BCUT2D eigenvalue weighted by Crippen LogP contribution is -2.30. The largest absolute Gasteiger partial charge is 0.458 e. The fourth-order valence-electron chi connectivity index (χ4n) is 4.88. The topological polar surface area (TPSA) is 192 Å². The Labute approximate surface area is 290 Å². The molecule has 0 radical (unpaired) electrons. The Hall–Kier alpha value is -4.04. The average Bonchev–Trinajstić information content (AvgIpc) is 2.96. The third-order valence-corrected chi connectivity index (χ3v) is 7.59. The highest BCUT2D eigenvalue weighted by Crippen LogP contribution is 2.21. The lowest BCUT2D eigenvalue weighted by molar-refractivity contribution is -0.144. The first-order valence-electron chi connectivity index (χ1n) is 16.1. The van der Waals surface area contributed by atoms with Crippen molar-refractivity contribution in [3.8, 4) is 0 Å². The minimum Gasteiger partial charge on any atom is -0.458 e. The third-order valence-electron chi connectivity index (χ3n) is 7.10. The van der Waals surface area contributed by atoms with Gasteiger partial charge in [-0.2, -0.15) is 8.42 Å². The van der Waals surface area contributed by atoms with Crippen LogP contribution in [0.15, 0.2) is 95.8 Å². The van der Waals surface area contributed by atoms with Crippen LogP contribution in [0, 0.1) is 5.92 Å². The number of carbonyl (C=O) groups excluding carboxylic acids is 3. The lowest BCUT2D eigenvalue weighted by atomic mass is 9.95. The molecular weight excluding hydrogens is 652 g/mol. The zero-order chi connectivity index (χ0) is 37.0. The fraction of sp³-hybridized carbons (Fsp3) is 0.472. The molecule has 0 aliphatic carbocycles. The van der Waals surface area contributed by atoms with E-state index >= 15 is 0 Å². The van der Waals surface area contributed by atoms with E-state index in [1.807, 2.05) is 46.8 Å². The van der Waals surface area contributed by atoms with Gasteiger partial charge in [0.2, 0.25) is 5.91 Å². The van der Waals surface area contributed by atoms with Gasteiger partial charge in [0.25, 0.3) is 0 Å². The van der Waals surface area contributed by atoms with Crippen molar-refractivity contribution in [1.29, 1.82) is 0 Å². The van der Waals surface area contributed by atoms with Gasteiger partial charge in [-0.1, -0.05) is 72.3 Å². The second-order valence-corrected chi connectivity index (χ2v) is 13.2. The highest BCUT2D eigenvalue weighted by atomic mass is 32.3. The number of nitrogens with two attached hydrogens (primary N) is 1. The number of primary amides is 1. The SMILES string of the molecule is C=C(C)C/C(C)=C/C(=O)N/C=C/C(C)=C/C(C)C1C/C(C)=C/C=C/CCC(OS(=O)(=O)O)C(O)/C=C/C(OC(N)=O)CCC/C=C/C(=O)O1. The van der Waals surface area contributed by atoms with E-state index in [1.165, 1.54) is 24.3 Å². The molecule has 1 rings (SSSR count). The van der Waals surface area contributed by atoms with Gasteiger partial charge in [-0.3, -0.25) is 9.35 Å². The predicted molar refractivity (Wildman–Crippen MR) is 189 cm³/mol. The second kappa shape index (κ2) is 22.6. The van der Waals surface area contributed by atoms with Crippen LogP contribution in [0.25, 0.3) is 0 Å². The number of aliphatic hydroxyl groups is 1. The van der Waals surface area contributed by atoms with Crippen LogP contribution in [-0.4, -0.2) is 60.5 Å². The molecule has 0 aromatic carbocycles. The Bertz CT molecular complexity index is 1450. The summed E-state index contributed by atoms with van der Waals surface area (Å²) in [4.78, 5) is 36.4. The number of aliphatic hydroxyl groups excluding tert-OH is 1. The van der Waals surface area contributed by atoms with Crippen molar-refractivity contribution in [1.82, 2.24) is 5.32 Å². The molecule has 5 unspecified atom stereocenters. The summed E-state index contributed by atoms with van der Waals surface area (Å²) in [6.07, 6.45) is 15.0. The first kappa shape index (κ1) is 43.0. The van der Waals surface area contributed by atoms with E-state index in [4.69, 9.17) is 19.4 Å². The summed E-state index contributed by atoms with van der Waals surface area (Å²) in [6.45, 7) is 13.3. The number of amides is 2. The molecule has 5 atom stereocenters. The average molecular weight is 705 g/mol. The van der Waals surface area contributed by atoms with E-state index in [2.05, 4.69) is 11.9 Å². The molecule has 1 heterocycles. The predicted octanol–water partition coefficient (Wildman–Crippen LogP) is 6.00. The first-order chi connectivity index (χ1) is 22.9. The molecule has 5 N–H and O–H groups in total. The number of esters is 1. The van der Waals surface area contributed by atoms with Crippen molar-refractivity contribution in [2.24, 2.45) is 11.7 Å². The van der Waals surface area contributed by atoms with Gasteiger partial charge in [0.15, 0.2) is 0 Å². The summed E-state index contributed by atoms with van der Waals surface area (Å²) in [5.41, 5.74) is 8.79. The molecular formula is C36H52N2O10S. The monoisotopic (exact) mass is 704 g/mol. The van der Waals surface area contributed by atoms with Gasteiger partial charge in [0, 0.05) is 30.7 Å². The van der Waals surface area contributed by atoms with Gasteiger partial charge in [-0.05, 0) is 78.4 Å². The van der Waals surface area contributed by atoms with Crippen molar-refractivity contribution < 1.29 is 46.1 Å². The molecule has 0 fully saturated rings. The third kappa shape index (κ3) is 21.5. The molecule has 0 bridgehead atoms. The number of hydrogen-bond acceptors (Lipinski definition) is 9. The van der Waals surface area contributed by atoms with E-state index in [9.17, 15) is 32.5 Å². The number of allylic oxidation sites excluding steroid dienone is 8.